The summed E-state index contributed by atoms with van der Waals surface area (Å²) >= 11 is 0. The van der Waals surface area contributed by atoms with Gasteiger partial charge in [-0.25, -0.2) is 0 Å². The summed E-state index contributed by atoms with van der Waals surface area (Å²) in [4.78, 5) is 29.4. The summed E-state index contributed by atoms with van der Waals surface area (Å²) in [5.41, 5.74) is 2.48. The summed E-state index contributed by atoms with van der Waals surface area (Å²) in [5, 5.41) is 0. The van der Waals surface area contributed by atoms with Crippen LogP contribution in [0, 0.1) is 0 Å². The van der Waals surface area contributed by atoms with Crippen molar-refractivity contribution in [1.82, 2.24) is 9.80 Å². The summed E-state index contributed by atoms with van der Waals surface area (Å²) in [6, 6.07) is 13.9. The van der Waals surface area contributed by atoms with Crippen LogP contribution in [-0.2, 0) is 17.8 Å². The molecule has 2 aromatic rings. The van der Waals surface area contributed by atoms with Gasteiger partial charge in [0, 0.05) is 44.1 Å². The standard InChI is InChI=1S/C27H32N2O4/c1-18-14-22-15-20(8-9-24(22)32-18)26(31)28(3)23-10-12-27(13-11-23)17-29(19(2)30)16-21-6-4-5-7-25(21)33-27/h4-9,15,18,23H,10-14,16-17H2,1-3H3. The molecule has 1 aliphatic carbocycles. The van der Waals surface area contributed by atoms with E-state index >= 15 is 0 Å². The topological polar surface area (TPSA) is 59.1 Å². The number of fused-ring (bicyclic) bond motifs is 2. The van der Waals surface area contributed by atoms with Crippen molar-refractivity contribution in [1.29, 1.82) is 0 Å². The van der Waals surface area contributed by atoms with Gasteiger partial charge >= 0.3 is 0 Å². The van der Waals surface area contributed by atoms with E-state index in [4.69, 9.17) is 9.47 Å². The second kappa shape index (κ2) is 8.40. The summed E-state index contributed by atoms with van der Waals surface area (Å²) in [6.07, 6.45) is 4.32. The number of ether oxygens (including phenoxy) is 2. The fourth-order valence-corrected chi connectivity index (χ4v) is 5.53. The van der Waals surface area contributed by atoms with Crippen LogP contribution in [-0.4, -0.2) is 53.0 Å². The molecule has 0 aromatic heterocycles. The van der Waals surface area contributed by atoms with Crippen LogP contribution >= 0.6 is 0 Å². The third kappa shape index (κ3) is 4.19. The molecule has 3 aliphatic rings. The summed E-state index contributed by atoms with van der Waals surface area (Å²) < 4.78 is 12.4. The van der Waals surface area contributed by atoms with Crippen LogP contribution in [0.4, 0.5) is 0 Å². The Hall–Kier alpha value is -3.02. The number of carbonyl (C=O) groups is 2. The van der Waals surface area contributed by atoms with Gasteiger partial charge in [-0.1, -0.05) is 18.2 Å². The highest BCUT2D eigenvalue weighted by molar-refractivity contribution is 5.94. The van der Waals surface area contributed by atoms with Gasteiger partial charge in [0.05, 0.1) is 6.54 Å². The lowest BCUT2D eigenvalue weighted by molar-refractivity contribution is -0.132. The number of hydrogen-bond acceptors (Lipinski definition) is 4. The lowest BCUT2D eigenvalue weighted by Crippen LogP contribution is -2.52. The number of amides is 2. The normalized spacial score (nSPS) is 26.0. The van der Waals surface area contributed by atoms with E-state index in [2.05, 4.69) is 0 Å². The number of carbonyl (C=O) groups excluding carboxylic acids is 2. The number of hydrogen-bond donors (Lipinski definition) is 0. The lowest BCUT2D eigenvalue weighted by atomic mass is 9.81. The van der Waals surface area contributed by atoms with Crippen LogP contribution in [0.3, 0.4) is 0 Å². The minimum atomic E-state index is -0.403. The van der Waals surface area contributed by atoms with E-state index in [1.54, 1.807) is 6.92 Å². The van der Waals surface area contributed by atoms with Crippen molar-refractivity contribution in [3.8, 4) is 11.5 Å². The zero-order valence-electron chi connectivity index (χ0n) is 19.7. The Balaban J connectivity index is 1.29. The first-order valence-electron chi connectivity index (χ1n) is 11.9. The number of nitrogens with zero attached hydrogens (tertiary/aromatic N) is 2. The number of rotatable bonds is 2. The Kier molecular flexibility index (Phi) is 5.55. The van der Waals surface area contributed by atoms with Crippen LogP contribution < -0.4 is 9.47 Å². The Bertz CT molecular complexity index is 1070. The molecule has 6 nitrogen and oxygen atoms in total. The molecule has 0 saturated heterocycles. The monoisotopic (exact) mass is 448 g/mol. The summed E-state index contributed by atoms with van der Waals surface area (Å²) in [7, 11) is 1.91. The molecule has 174 valence electrons. The minimum absolute atomic E-state index is 0.0517. The van der Waals surface area contributed by atoms with Gasteiger partial charge in [0.15, 0.2) is 0 Å². The largest absolute Gasteiger partial charge is 0.490 e. The molecule has 1 unspecified atom stereocenters. The van der Waals surface area contributed by atoms with Gasteiger partial charge in [-0.2, -0.15) is 0 Å². The first kappa shape index (κ1) is 21.8. The Morgan fingerprint density at radius 2 is 1.82 bits per heavy atom. The molecule has 2 aromatic carbocycles. The van der Waals surface area contributed by atoms with Crippen LogP contribution in [0.25, 0.3) is 0 Å². The van der Waals surface area contributed by atoms with Crippen molar-refractivity contribution in [2.75, 3.05) is 13.6 Å². The van der Waals surface area contributed by atoms with Crippen molar-refractivity contribution in [3.05, 3.63) is 59.2 Å². The van der Waals surface area contributed by atoms with E-state index in [0.29, 0.717) is 13.1 Å². The highest BCUT2D eigenvalue weighted by Crippen LogP contribution is 2.39. The molecular formula is C27H32N2O4. The summed E-state index contributed by atoms with van der Waals surface area (Å²) in [5.74, 6) is 1.88. The third-order valence-corrected chi connectivity index (χ3v) is 7.46. The highest BCUT2D eigenvalue weighted by atomic mass is 16.5. The van der Waals surface area contributed by atoms with Gasteiger partial charge in [0.25, 0.3) is 5.91 Å². The fraction of sp³-hybridized carbons (Fsp3) is 0.481. The van der Waals surface area contributed by atoms with Crippen molar-refractivity contribution in [2.24, 2.45) is 0 Å². The minimum Gasteiger partial charge on any atom is -0.490 e. The van der Waals surface area contributed by atoms with Crippen molar-refractivity contribution < 1.29 is 19.1 Å². The fourth-order valence-electron chi connectivity index (χ4n) is 5.53. The van der Waals surface area contributed by atoms with Crippen LogP contribution in [0.5, 0.6) is 11.5 Å². The molecule has 5 rings (SSSR count). The molecule has 6 heteroatoms. The molecule has 2 amide bonds. The number of para-hydroxylation sites is 1. The van der Waals surface area contributed by atoms with Gasteiger partial charge in [-0.05, 0) is 62.4 Å². The van der Waals surface area contributed by atoms with E-state index in [-0.39, 0.29) is 24.0 Å². The predicted octanol–water partition coefficient (Wildman–Crippen LogP) is 4.20. The Morgan fingerprint density at radius 3 is 2.58 bits per heavy atom. The molecular weight excluding hydrogens is 416 g/mol. The highest BCUT2D eigenvalue weighted by Gasteiger charge is 2.43. The molecule has 2 heterocycles. The van der Waals surface area contributed by atoms with Gasteiger partial charge in [0.2, 0.25) is 5.91 Å². The summed E-state index contributed by atoms with van der Waals surface area (Å²) in [6.45, 7) is 4.84. The van der Waals surface area contributed by atoms with Gasteiger partial charge in [-0.15, -0.1) is 0 Å². The van der Waals surface area contributed by atoms with Gasteiger partial charge in [-0.3, -0.25) is 9.59 Å². The smallest absolute Gasteiger partial charge is 0.253 e. The molecule has 33 heavy (non-hydrogen) atoms. The van der Waals surface area contributed by atoms with Gasteiger partial charge in [0.1, 0.15) is 23.2 Å². The van der Waals surface area contributed by atoms with Crippen molar-refractivity contribution >= 4 is 11.8 Å². The van der Waals surface area contributed by atoms with E-state index in [1.807, 2.05) is 66.2 Å². The maximum atomic E-state index is 13.3. The molecule has 0 N–H and O–H groups in total. The predicted molar refractivity (Wildman–Crippen MR) is 125 cm³/mol. The molecule has 2 aliphatic heterocycles. The van der Waals surface area contributed by atoms with Gasteiger partial charge < -0.3 is 19.3 Å². The lowest BCUT2D eigenvalue weighted by Gasteiger charge is -2.43. The van der Waals surface area contributed by atoms with Crippen LogP contribution in [0.15, 0.2) is 42.5 Å². The zero-order chi connectivity index (χ0) is 23.2. The first-order valence-corrected chi connectivity index (χ1v) is 11.9. The average molecular weight is 449 g/mol. The van der Waals surface area contributed by atoms with E-state index in [0.717, 1.165) is 60.3 Å². The SMILES string of the molecule is CC(=O)N1Cc2ccccc2OC2(CCC(N(C)C(=O)c3ccc4c(c3)CC(C)O4)CC2)C1. The second-order valence-corrected chi connectivity index (χ2v) is 9.87. The zero-order valence-corrected chi connectivity index (χ0v) is 19.7. The molecule has 1 spiro atoms. The van der Waals surface area contributed by atoms with Crippen LogP contribution in [0.2, 0.25) is 0 Å². The maximum Gasteiger partial charge on any atom is 0.253 e. The van der Waals surface area contributed by atoms with Crippen molar-refractivity contribution in [2.45, 2.75) is 70.2 Å². The molecule has 1 fully saturated rings. The number of benzene rings is 2. The quantitative estimate of drug-likeness (QED) is 0.691. The Morgan fingerprint density at radius 1 is 1.06 bits per heavy atom. The molecule has 0 radical (unpaired) electrons. The van der Waals surface area contributed by atoms with Crippen LogP contribution in [0.1, 0.15) is 61.0 Å². The third-order valence-electron chi connectivity index (χ3n) is 7.46. The molecule has 1 saturated carbocycles. The van der Waals surface area contributed by atoms with E-state index in [9.17, 15) is 9.59 Å². The van der Waals surface area contributed by atoms with E-state index < -0.39 is 5.60 Å². The molecule has 0 bridgehead atoms. The second-order valence-electron chi connectivity index (χ2n) is 9.87. The Labute approximate surface area is 195 Å². The van der Waals surface area contributed by atoms with Crippen molar-refractivity contribution in [3.63, 3.8) is 0 Å². The maximum absolute atomic E-state index is 13.3. The average Bonchev–Trinajstić information content (AvgIpc) is 3.09. The molecule has 1 atom stereocenters. The van der Waals surface area contributed by atoms with E-state index in [1.165, 1.54) is 0 Å². The first-order chi connectivity index (χ1) is 15.8.